The number of para-hydroxylation sites is 1. The Balaban J connectivity index is 1.39. The molecule has 3 aromatic rings. The van der Waals surface area contributed by atoms with Crippen molar-refractivity contribution < 1.29 is 14.4 Å². The van der Waals surface area contributed by atoms with Gasteiger partial charge in [-0.05, 0) is 55.3 Å². The van der Waals surface area contributed by atoms with E-state index in [1.165, 1.54) is 4.90 Å². The molecule has 0 N–H and O–H groups in total. The van der Waals surface area contributed by atoms with Crippen LogP contribution in [0.3, 0.4) is 0 Å². The minimum absolute atomic E-state index is 0.106. The summed E-state index contributed by atoms with van der Waals surface area (Å²) < 4.78 is 0. The predicted octanol–water partition coefficient (Wildman–Crippen LogP) is 4.37. The molecule has 4 aliphatic heterocycles. The topological polar surface area (TPSA) is 60.9 Å². The molecule has 7 heteroatoms. The van der Waals surface area contributed by atoms with Gasteiger partial charge in [0.15, 0.2) is 0 Å². The lowest BCUT2D eigenvalue weighted by Gasteiger charge is -2.37. The summed E-state index contributed by atoms with van der Waals surface area (Å²) >= 11 is 6.07. The Morgan fingerprint density at radius 2 is 1.58 bits per heavy atom. The van der Waals surface area contributed by atoms with Crippen LogP contribution in [0.2, 0.25) is 5.02 Å². The van der Waals surface area contributed by atoms with Crippen LogP contribution in [-0.2, 0) is 26.5 Å². The number of nitrogens with zero attached hydrogens (tertiary/aromatic N) is 3. The Bertz CT molecular complexity index is 1410. The molecule has 4 atom stereocenters. The molecule has 3 amide bonds. The number of hydrogen-bond donors (Lipinski definition) is 0. The smallest absolute Gasteiger partial charge is 0.253 e. The van der Waals surface area contributed by atoms with Crippen molar-refractivity contribution in [3.05, 3.63) is 95.0 Å². The molecule has 0 unspecified atom stereocenters. The van der Waals surface area contributed by atoms with Crippen molar-refractivity contribution >= 4 is 40.7 Å². The standard InChI is InChI=1S/C29H24ClN3O3/c30-19-12-14-20(15-13-19)33-26(34)24-23-11-6-16-32(23)29(25(24)27(33)35)21-9-4-5-10-22(21)31(28(29)36)17-18-7-2-1-3-8-18/h1-5,7-10,12-15,23-25H,6,11,16-17H2/t23-,24-,25-,29+/m1/s1. The second-order valence-electron chi connectivity index (χ2n) is 10.1. The first-order chi connectivity index (χ1) is 17.5. The summed E-state index contributed by atoms with van der Waals surface area (Å²) in [6.07, 6.45) is 1.69. The summed E-state index contributed by atoms with van der Waals surface area (Å²) in [6.45, 7) is 1.11. The van der Waals surface area contributed by atoms with Crippen LogP contribution in [0.5, 0.6) is 0 Å². The Kier molecular flexibility index (Phi) is 4.69. The van der Waals surface area contributed by atoms with Gasteiger partial charge in [0.25, 0.3) is 5.91 Å². The molecule has 1 spiro atoms. The van der Waals surface area contributed by atoms with Crippen LogP contribution in [0.1, 0.15) is 24.0 Å². The number of carbonyl (C=O) groups is 3. The molecule has 0 aromatic heterocycles. The van der Waals surface area contributed by atoms with Gasteiger partial charge in [-0.1, -0.05) is 60.1 Å². The molecule has 0 radical (unpaired) electrons. The van der Waals surface area contributed by atoms with Crippen molar-refractivity contribution in [1.29, 1.82) is 0 Å². The molecule has 0 bridgehead atoms. The number of carbonyl (C=O) groups excluding carboxylic acids is 3. The molecule has 3 fully saturated rings. The molecule has 4 aliphatic rings. The van der Waals surface area contributed by atoms with E-state index in [1.54, 1.807) is 24.3 Å². The molecular weight excluding hydrogens is 474 g/mol. The number of amides is 3. The first-order valence-corrected chi connectivity index (χ1v) is 12.8. The lowest BCUT2D eigenvalue weighted by atomic mass is 9.75. The fraction of sp³-hybridized carbons (Fsp3) is 0.276. The highest BCUT2D eigenvalue weighted by Gasteiger charge is 2.75. The molecular formula is C29H24ClN3O3. The minimum Gasteiger partial charge on any atom is -0.306 e. The van der Waals surface area contributed by atoms with Gasteiger partial charge in [0.05, 0.1) is 24.1 Å². The zero-order chi connectivity index (χ0) is 24.6. The van der Waals surface area contributed by atoms with Gasteiger partial charge in [-0.3, -0.25) is 19.3 Å². The van der Waals surface area contributed by atoms with Gasteiger partial charge < -0.3 is 4.90 Å². The molecule has 4 heterocycles. The van der Waals surface area contributed by atoms with Crippen molar-refractivity contribution in [2.24, 2.45) is 11.8 Å². The summed E-state index contributed by atoms with van der Waals surface area (Å²) in [4.78, 5) is 47.9. The van der Waals surface area contributed by atoms with Gasteiger partial charge in [0.2, 0.25) is 11.8 Å². The van der Waals surface area contributed by atoms with Crippen LogP contribution >= 0.6 is 11.6 Å². The van der Waals surface area contributed by atoms with Crippen LogP contribution in [0.4, 0.5) is 11.4 Å². The number of benzene rings is 3. The quantitative estimate of drug-likeness (QED) is 0.504. The van der Waals surface area contributed by atoms with Crippen molar-refractivity contribution in [3.63, 3.8) is 0 Å². The van der Waals surface area contributed by atoms with E-state index in [4.69, 9.17) is 11.6 Å². The minimum atomic E-state index is -1.18. The third-order valence-electron chi connectivity index (χ3n) is 8.41. The second-order valence-corrected chi connectivity index (χ2v) is 10.5. The molecule has 3 saturated heterocycles. The van der Waals surface area contributed by atoms with E-state index < -0.39 is 17.4 Å². The predicted molar refractivity (Wildman–Crippen MR) is 136 cm³/mol. The molecule has 0 aliphatic carbocycles. The third-order valence-corrected chi connectivity index (χ3v) is 8.66. The monoisotopic (exact) mass is 497 g/mol. The highest BCUT2D eigenvalue weighted by atomic mass is 35.5. The van der Waals surface area contributed by atoms with E-state index >= 15 is 0 Å². The van der Waals surface area contributed by atoms with Gasteiger partial charge in [-0.2, -0.15) is 0 Å². The number of fused-ring (bicyclic) bond motifs is 7. The van der Waals surface area contributed by atoms with E-state index in [0.717, 1.165) is 29.7 Å². The van der Waals surface area contributed by atoms with Crippen molar-refractivity contribution in [2.75, 3.05) is 16.3 Å². The maximum Gasteiger partial charge on any atom is 0.253 e. The van der Waals surface area contributed by atoms with Gasteiger partial charge in [0, 0.05) is 22.3 Å². The molecule has 7 rings (SSSR count). The van der Waals surface area contributed by atoms with Crippen molar-refractivity contribution in [2.45, 2.75) is 31.0 Å². The number of halogens is 1. The average Bonchev–Trinajstić information content (AvgIpc) is 3.60. The summed E-state index contributed by atoms with van der Waals surface area (Å²) in [7, 11) is 0. The summed E-state index contributed by atoms with van der Waals surface area (Å²) in [5.74, 6) is -1.94. The van der Waals surface area contributed by atoms with Crippen molar-refractivity contribution in [3.8, 4) is 0 Å². The summed E-state index contributed by atoms with van der Waals surface area (Å²) in [5, 5.41) is 0.535. The highest BCUT2D eigenvalue weighted by molar-refractivity contribution is 6.31. The fourth-order valence-corrected chi connectivity index (χ4v) is 7.23. The summed E-state index contributed by atoms with van der Waals surface area (Å²) in [5.41, 5.74) is 2.00. The van der Waals surface area contributed by atoms with Crippen LogP contribution in [0, 0.1) is 11.8 Å². The Morgan fingerprint density at radius 3 is 2.36 bits per heavy atom. The van der Waals surface area contributed by atoms with Gasteiger partial charge >= 0.3 is 0 Å². The first kappa shape index (κ1) is 21.8. The maximum atomic E-state index is 14.6. The molecule has 0 saturated carbocycles. The Hall–Kier alpha value is -3.48. The van der Waals surface area contributed by atoms with E-state index in [-0.39, 0.29) is 23.8 Å². The van der Waals surface area contributed by atoms with Crippen LogP contribution in [-0.4, -0.2) is 35.2 Å². The maximum absolute atomic E-state index is 14.6. The van der Waals surface area contributed by atoms with E-state index in [2.05, 4.69) is 4.90 Å². The Morgan fingerprint density at radius 1 is 0.861 bits per heavy atom. The largest absolute Gasteiger partial charge is 0.306 e. The number of hydrogen-bond acceptors (Lipinski definition) is 4. The lowest BCUT2D eigenvalue weighted by molar-refractivity contribution is -0.137. The highest BCUT2D eigenvalue weighted by Crippen LogP contribution is 2.62. The number of rotatable bonds is 3. The van der Waals surface area contributed by atoms with Crippen LogP contribution < -0.4 is 9.80 Å². The molecule has 3 aromatic carbocycles. The van der Waals surface area contributed by atoms with E-state index in [0.29, 0.717) is 23.8 Å². The van der Waals surface area contributed by atoms with E-state index in [9.17, 15) is 14.4 Å². The number of imide groups is 1. The lowest BCUT2D eigenvalue weighted by Crippen LogP contribution is -2.55. The third kappa shape index (κ3) is 2.69. The van der Waals surface area contributed by atoms with Crippen LogP contribution in [0.15, 0.2) is 78.9 Å². The average molecular weight is 498 g/mol. The zero-order valence-electron chi connectivity index (χ0n) is 19.5. The Labute approximate surface area is 214 Å². The van der Waals surface area contributed by atoms with Crippen molar-refractivity contribution in [1.82, 2.24) is 4.90 Å². The first-order valence-electron chi connectivity index (χ1n) is 12.4. The molecule has 180 valence electrons. The second kappa shape index (κ2) is 7.76. The number of anilines is 2. The SMILES string of the molecule is O=C1[C@@H]2[C@H]3CCCN3[C@]3(C(=O)N(Cc4ccccc4)c4ccccc43)[C@H]2C(=O)N1c1ccc(Cl)cc1. The fourth-order valence-electron chi connectivity index (χ4n) is 7.11. The van der Waals surface area contributed by atoms with Gasteiger partial charge in [-0.15, -0.1) is 0 Å². The van der Waals surface area contributed by atoms with E-state index in [1.807, 2.05) is 59.5 Å². The summed E-state index contributed by atoms with van der Waals surface area (Å²) in [6, 6.07) is 24.3. The van der Waals surface area contributed by atoms with Gasteiger partial charge in [-0.25, -0.2) is 4.90 Å². The zero-order valence-corrected chi connectivity index (χ0v) is 20.3. The molecule has 6 nitrogen and oxygen atoms in total. The van der Waals surface area contributed by atoms with Gasteiger partial charge in [0.1, 0.15) is 5.54 Å². The van der Waals surface area contributed by atoms with Crippen LogP contribution in [0.25, 0.3) is 0 Å². The molecule has 36 heavy (non-hydrogen) atoms. The normalized spacial score (nSPS) is 28.8.